The largest absolute Gasteiger partial charge is 0.494 e. The van der Waals surface area contributed by atoms with Crippen LogP contribution in [0.15, 0.2) is 42.6 Å². The first-order valence-corrected chi connectivity index (χ1v) is 14.2. The van der Waals surface area contributed by atoms with Crippen molar-refractivity contribution in [2.24, 2.45) is 0 Å². The average molecular weight is 594 g/mol. The molecule has 1 N–H and O–H groups in total. The smallest absolute Gasteiger partial charge is 0.354 e. The summed E-state index contributed by atoms with van der Waals surface area (Å²) in [7, 11) is 3.13. The standard InChI is InChI=1S/C30H32ClN5O6/c1-30(24-8-7-19(31)16-32-24)41-22-6-4-5-20(27(22)42-30)18-9-11-35(12-10-18)17-25-34-26-23(40-3)15-21(29(37)38)33-28(26)36(25)13-14-39-2/h4-8,15-16,18H,9-14,17H2,1-3H3,(H,37,38)/t30-/m0/s1. The summed E-state index contributed by atoms with van der Waals surface area (Å²) < 4.78 is 25.4. The number of hydrogen-bond acceptors (Lipinski definition) is 9. The highest BCUT2D eigenvalue weighted by molar-refractivity contribution is 6.30. The van der Waals surface area contributed by atoms with Crippen LogP contribution in [-0.4, -0.2) is 69.4 Å². The molecule has 1 aromatic carbocycles. The van der Waals surface area contributed by atoms with E-state index in [1.54, 1.807) is 19.4 Å². The molecule has 220 valence electrons. The summed E-state index contributed by atoms with van der Waals surface area (Å²) >= 11 is 6.04. The lowest BCUT2D eigenvalue weighted by molar-refractivity contribution is -0.0722. The molecule has 1 saturated heterocycles. The van der Waals surface area contributed by atoms with E-state index in [9.17, 15) is 9.90 Å². The molecule has 0 spiro atoms. The topological polar surface area (TPSA) is 121 Å². The molecule has 4 aromatic rings. The van der Waals surface area contributed by atoms with Gasteiger partial charge in [-0.3, -0.25) is 9.88 Å². The van der Waals surface area contributed by atoms with E-state index in [-0.39, 0.29) is 5.69 Å². The molecule has 11 nitrogen and oxygen atoms in total. The summed E-state index contributed by atoms with van der Waals surface area (Å²) in [6.45, 7) is 5.09. The van der Waals surface area contributed by atoms with E-state index in [0.717, 1.165) is 43.1 Å². The highest BCUT2D eigenvalue weighted by Crippen LogP contribution is 2.49. The molecule has 2 aliphatic heterocycles. The minimum Gasteiger partial charge on any atom is -0.494 e. The van der Waals surface area contributed by atoms with Gasteiger partial charge in [-0.15, -0.1) is 0 Å². The summed E-state index contributed by atoms with van der Waals surface area (Å²) in [6.07, 6.45) is 3.45. The molecule has 1 atom stereocenters. The summed E-state index contributed by atoms with van der Waals surface area (Å²) in [4.78, 5) is 27.7. The van der Waals surface area contributed by atoms with Crippen LogP contribution in [-0.2, 0) is 23.6 Å². The Balaban J connectivity index is 1.20. The van der Waals surface area contributed by atoms with Crippen LogP contribution in [0.5, 0.6) is 17.2 Å². The molecular formula is C30H32ClN5O6. The van der Waals surface area contributed by atoms with E-state index in [1.165, 1.54) is 13.2 Å². The van der Waals surface area contributed by atoms with Crippen LogP contribution < -0.4 is 14.2 Å². The van der Waals surface area contributed by atoms with Gasteiger partial charge in [0.1, 0.15) is 17.0 Å². The minimum atomic E-state index is -1.12. The van der Waals surface area contributed by atoms with Crippen LogP contribution >= 0.6 is 11.6 Å². The Labute approximate surface area is 248 Å². The van der Waals surface area contributed by atoms with E-state index in [4.69, 9.17) is 35.5 Å². The van der Waals surface area contributed by atoms with Crippen LogP contribution in [0.4, 0.5) is 0 Å². The van der Waals surface area contributed by atoms with Gasteiger partial charge in [-0.05, 0) is 50.0 Å². The molecule has 0 amide bonds. The van der Waals surface area contributed by atoms with Gasteiger partial charge in [0.05, 0.1) is 25.3 Å². The highest BCUT2D eigenvalue weighted by Gasteiger charge is 2.42. The van der Waals surface area contributed by atoms with Crippen LogP contribution in [0.1, 0.15) is 53.3 Å². The van der Waals surface area contributed by atoms with E-state index >= 15 is 0 Å². The summed E-state index contributed by atoms with van der Waals surface area (Å²) in [5.41, 5.74) is 2.71. The number of rotatable bonds is 9. The zero-order chi connectivity index (χ0) is 29.4. The number of para-hydroxylation sites is 1. The van der Waals surface area contributed by atoms with Gasteiger partial charge in [-0.25, -0.2) is 14.8 Å². The summed E-state index contributed by atoms with van der Waals surface area (Å²) in [5.74, 6) is 0.803. The first kappa shape index (κ1) is 28.2. The fourth-order valence-corrected chi connectivity index (χ4v) is 5.84. The molecule has 12 heteroatoms. The second kappa shape index (κ2) is 11.4. The van der Waals surface area contributed by atoms with Gasteiger partial charge < -0.3 is 28.6 Å². The number of ether oxygens (including phenoxy) is 4. The van der Waals surface area contributed by atoms with Gasteiger partial charge in [0.25, 0.3) is 5.79 Å². The summed E-state index contributed by atoms with van der Waals surface area (Å²) in [6, 6.07) is 11.1. The molecule has 0 unspecified atom stereocenters. The molecule has 2 aliphatic rings. The number of imidazole rings is 1. The number of aromatic nitrogens is 4. The molecule has 5 heterocycles. The third-order valence-corrected chi connectivity index (χ3v) is 8.13. The Morgan fingerprint density at radius 2 is 1.98 bits per heavy atom. The number of halogens is 1. The van der Waals surface area contributed by atoms with Crippen molar-refractivity contribution in [2.75, 3.05) is 33.9 Å². The number of aromatic carboxylic acids is 1. The lowest BCUT2D eigenvalue weighted by Crippen LogP contribution is -2.34. The molecule has 1 fully saturated rings. The number of methoxy groups -OCH3 is 2. The number of piperidine rings is 1. The fourth-order valence-electron chi connectivity index (χ4n) is 5.73. The number of pyridine rings is 2. The summed E-state index contributed by atoms with van der Waals surface area (Å²) in [5, 5.41) is 10.1. The molecule has 0 radical (unpaired) electrons. The number of benzene rings is 1. The molecule has 42 heavy (non-hydrogen) atoms. The lowest BCUT2D eigenvalue weighted by Gasteiger charge is -2.32. The fraction of sp³-hybridized carbons (Fsp3) is 0.400. The highest BCUT2D eigenvalue weighted by atomic mass is 35.5. The van der Waals surface area contributed by atoms with Crippen LogP contribution in [0.25, 0.3) is 11.2 Å². The Morgan fingerprint density at radius 3 is 2.67 bits per heavy atom. The van der Waals surface area contributed by atoms with Crippen molar-refractivity contribution >= 4 is 28.7 Å². The second-order valence-corrected chi connectivity index (χ2v) is 11.0. The maximum atomic E-state index is 11.7. The average Bonchev–Trinajstić information content (AvgIpc) is 3.53. The van der Waals surface area contributed by atoms with Crippen molar-refractivity contribution in [3.05, 3.63) is 70.4 Å². The molecule has 3 aromatic heterocycles. The van der Waals surface area contributed by atoms with E-state index in [0.29, 0.717) is 59.0 Å². The molecular weight excluding hydrogens is 562 g/mol. The van der Waals surface area contributed by atoms with Gasteiger partial charge in [-0.1, -0.05) is 23.7 Å². The zero-order valence-electron chi connectivity index (χ0n) is 23.7. The molecule has 0 aliphatic carbocycles. The maximum absolute atomic E-state index is 11.7. The number of likely N-dealkylation sites (tertiary alicyclic amines) is 1. The van der Waals surface area contributed by atoms with Crippen molar-refractivity contribution in [1.82, 2.24) is 24.4 Å². The third-order valence-electron chi connectivity index (χ3n) is 7.90. The van der Waals surface area contributed by atoms with Crippen molar-refractivity contribution < 1.29 is 28.8 Å². The van der Waals surface area contributed by atoms with Crippen molar-refractivity contribution in [1.29, 1.82) is 0 Å². The number of nitrogens with zero attached hydrogens (tertiary/aromatic N) is 5. The van der Waals surface area contributed by atoms with Gasteiger partial charge in [-0.2, -0.15) is 0 Å². The third kappa shape index (κ3) is 5.23. The second-order valence-electron chi connectivity index (χ2n) is 10.6. The normalized spacial score (nSPS) is 19.0. The zero-order valence-corrected chi connectivity index (χ0v) is 24.4. The molecule has 0 bridgehead atoms. The number of carbonyl (C=O) groups is 1. The van der Waals surface area contributed by atoms with Crippen molar-refractivity contribution in [3.63, 3.8) is 0 Å². The SMILES string of the molecule is COCCn1c(CN2CCC(c3cccc4c3O[C@@](C)(c3ccc(Cl)cn3)O4)CC2)nc2c(OC)cc(C(=O)O)nc21. The van der Waals surface area contributed by atoms with Crippen molar-refractivity contribution in [3.8, 4) is 17.2 Å². The van der Waals surface area contributed by atoms with E-state index in [2.05, 4.69) is 20.9 Å². The lowest BCUT2D eigenvalue weighted by atomic mass is 9.88. The first-order valence-electron chi connectivity index (χ1n) is 13.8. The predicted molar refractivity (Wildman–Crippen MR) is 154 cm³/mol. The number of carboxylic acids is 1. The van der Waals surface area contributed by atoms with Crippen LogP contribution in [0, 0.1) is 0 Å². The Kier molecular flexibility index (Phi) is 7.65. The van der Waals surface area contributed by atoms with Gasteiger partial charge >= 0.3 is 5.97 Å². The number of fused-ring (bicyclic) bond motifs is 2. The minimum absolute atomic E-state index is 0.0881. The Morgan fingerprint density at radius 1 is 1.17 bits per heavy atom. The molecule has 0 saturated carbocycles. The Bertz CT molecular complexity index is 1620. The maximum Gasteiger partial charge on any atom is 0.354 e. The Hall–Kier alpha value is -3.93. The van der Waals surface area contributed by atoms with Crippen LogP contribution in [0.3, 0.4) is 0 Å². The van der Waals surface area contributed by atoms with Gasteiger partial charge in [0.2, 0.25) is 0 Å². The van der Waals surface area contributed by atoms with Gasteiger partial charge in [0, 0.05) is 38.4 Å². The van der Waals surface area contributed by atoms with E-state index in [1.807, 2.05) is 29.7 Å². The molecule has 6 rings (SSSR count). The van der Waals surface area contributed by atoms with Gasteiger partial charge in [0.15, 0.2) is 28.6 Å². The quantitative estimate of drug-likeness (QED) is 0.288. The number of hydrogen-bond donors (Lipinski definition) is 1. The van der Waals surface area contributed by atoms with Crippen molar-refractivity contribution in [2.45, 2.75) is 44.6 Å². The predicted octanol–water partition coefficient (Wildman–Crippen LogP) is 4.86. The number of carboxylic acid groups (broad SMARTS) is 1. The monoisotopic (exact) mass is 593 g/mol. The van der Waals surface area contributed by atoms with E-state index < -0.39 is 11.8 Å². The van der Waals surface area contributed by atoms with Crippen LogP contribution in [0.2, 0.25) is 5.02 Å². The first-order chi connectivity index (χ1) is 20.3.